The summed E-state index contributed by atoms with van der Waals surface area (Å²) in [6, 6.07) is 0. The van der Waals surface area contributed by atoms with E-state index in [1.165, 1.54) is 5.56 Å². The fourth-order valence-corrected chi connectivity index (χ4v) is 1.64. The summed E-state index contributed by atoms with van der Waals surface area (Å²) < 4.78 is 1.83. The molecule has 0 saturated heterocycles. The topological polar surface area (TPSA) is 72.9 Å². The van der Waals surface area contributed by atoms with Crippen molar-refractivity contribution < 1.29 is 4.79 Å². The number of primary amides is 1. The van der Waals surface area contributed by atoms with Crippen LogP contribution >= 0.6 is 0 Å². The highest BCUT2D eigenvalue weighted by Crippen LogP contribution is 2.06. The molecule has 0 aliphatic heterocycles. The van der Waals surface area contributed by atoms with Crippen LogP contribution in [0.2, 0.25) is 0 Å². The molecule has 5 nitrogen and oxygen atoms in total. The van der Waals surface area contributed by atoms with E-state index in [9.17, 15) is 4.79 Å². The molecule has 1 amide bonds. The quantitative estimate of drug-likeness (QED) is 0.656. The second-order valence-corrected chi connectivity index (χ2v) is 3.87. The van der Waals surface area contributed by atoms with Gasteiger partial charge in [0.15, 0.2) is 0 Å². The predicted molar refractivity (Wildman–Crippen MR) is 62.7 cm³/mol. The maximum atomic E-state index is 10.5. The van der Waals surface area contributed by atoms with Gasteiger partial charge in [0, 0.05) is 31.8 Å². The molecule has 1 heterocycles. The Labute approximate surface area is 96.0 Å². The molecule has 0 spiro atoms. The summed E-state index contributed by atoms with van der Waals surface area (Å²) in [4.78, 5) is 10.5. The second kappa shape index (κ2) is 6.27. The number of aryl methyl sites for hydroxylation is 2. The van der Waals surface area contributed by atoms with E-state index in [1.54, 1.807) is 0 Å². The number of hydrogen-bond acceptors (Lipinski definition) is 3. The van der Waals surface area contributed by atoms with Crippen LogP contribution in [0.25, 0.3) is 0 Å². The zero-order chi connectivity index (χ0) is 12.0. The van der Waals surface area contributed by atoms with E-state index in [4.69, 9.17) is 5.73 Å². The van der Waals surface area contributed by atoms with Gasteiger partial charge in [-0.15, -0.1) is 0 Å². The summed E-state index contributed by atoms with van der Waals surface area (Å²) in [6.45, 7) is 3.70. The molecule has 0 saturated carbocycles. The fraction of sp³-hybridized carbons (Fsp3) is 0.636. The number of amides is 1. The van der Waals surface area contributed by atoms with E-state index < -0.39 is 0 Å². The molecule has 0 aliphatic rings. The van der Waals surface area contributed by atoms with Gasteiger partial charge in [-0.25, -0.2) is 0 Å². The summed E-state index contributed by atoms with van der Waals surface area (Å²) in [5.74, 6) is -0.238. The average Bonchev–Trinajstić information content (AvgIpc) is 2.58. The Balaban J connectivity index is 2.28. The number of aromatic nitrogens is 2. The first-order valence-electron chi connectivity index (χ1n) is 5.64. The fourth-order valence-electron chi connectivity index (χ4n) is 1.64. The smallest absolute Gasteiger partial charge is 0.217 e. The largest absolute Gasteiger partial charge is 0.370 e. The SMILES string of the molecule is CCc1nn(C)cc1CNCCCC(N)=O. The summed E-state index contributed by atoms with van der Waals surface area (Å²) >= 11 is 0. The van der Waals surface area contributed by atoms with Crippen LogP contribution in [-0.4, -0.2) is 22.2 Å². The Morgan fingerprint density at radius 1 is 1.62 bits per heavy atom. The van der Waals surface area contributed by atoms with Crippen LogP contribution in [0.3, 0.4) is 0 Å². The first-order valence-corrected chi connectivity index (χ1v) is 5.64. The Morgan fingerprint density at radius 2 is 2.38 bits per heavy atom. The maximum Gasteiger partial charge on any atom is 0.217 e. The number of carbonyl (C=O) groups is 1. The van der Waals surface area contributed by atoms with Crippen LogP contribution in [-0.2, 0) is 24.8 Å². The average molecular weight is 224 g/mol. The Kier molecular flexibility index (Phi) is 4.98. The minimum Gasteiger partial charge on any atom is -0.370 e. The lowest BCUT2D eigenvalue weighted by Crippen LogP contribution is -2.18. The summed E-state index contributed by atoms with van der Waals surface area (Å²) in [5, 5.41) is 7.64. The monoisotopic (exact) mass is 224 g/mol. The van der Waals surface area contributed by atoms with Gasteiger partial charge in [-0.1, -0.05) is 6.92 Å². The van der Waals surface area contributed by atoms with Crippen molar-refractivity contribution in [2.24, 2.45) is 12.8 Å². The lowest BCUT2D eigenvalue weighted by atomic mass is 10.2. The second-order valence-electron chi connectivity index (χ2n) is 3.87. The molecule has 0 fully saturated rings. The molecule has 0 aliphatic carbocycles. The van der Waals surface area contributed by atoms with Crippen molar-refractivity contribution in [1.29, 1.82) is 0 Å². The van der Waals surface area contributed by atoms with Gasteiger partial charge in [0.2, 0.25) is 5.91 Å². The van der Waals surface area contributed by atoms with Gasteiger partial charge >= 0.3 is 0 Å². The molecule has 90 valence electrons. The van der Waals surface area contributed by atoms with Crippen molar-refractivity contribution in [2.45, 2.75) is 32.7 Å². The van der Waals surface area contributed by atoms with Crippen molar-refractivity contribution in [3.05, 3.63) is 17.5 Å². The van der Waals surface area contributed by atoms with Gasteiger partial charge in [0.1, 0.15) is 0 Å². The number of hydrogen-bond donors (Lipinski definition) is 2. The molecule has 3 N–H and O–H groups in total. The van der Waals surface area contributed by atoms with Crippen LogP contribution in [0, 0.1) is 0 Å². The van der Waals surface area contributed by atoms with Crippen molar-refractivity contribution in [1.82, 2.24) is 15.1 Å². The minimum atomic E-state index is -0.238. The molecule has 5 heteroatoms. The van der Waals surface area contributed by atoms with Gasteiger partial charge in [-0.05, 0) is 19.4 Å². The third-order valence-electron chi connectivity index (χ3n) is 2.42. The van der Waals surface area contributed by atoms with E-state index in [1.807, 2.05) is 17.9 Å². The Hall–Kier alpha value is -1.36. The van der Waals surface area contributed by atoms with Crippen LogP contribution in [0.4, 0.5) is 0 Å². The van der Waals surface area contributed by atoms with E-state index >= 15 is 0 Å². The molecule has 0 unspecified atom stereocenters. The molecule has 0 aromatic carbocycles. The molecule has 0 bridgehead atoms. The number of nitrogens with zero attached hydrogens (tertiary/aromatic N) is 2. The summed E-state index contributed by atoms with van der Waals surface area (Å²) in [5.41, 5.74) is 7.41. The van der Waals surface area contributed by atoms with E-state index in [0.29, 0.717) is 6.42 Å². The maximum absolute atomic E-state index is 10.5. The summed E-state index contributed by atoms with van der Waals surface area (Å²) in [6.07, 6.45) is 4.21. The number of nitrogens with one attached hydrogen (secondary N) is 1. The molecule has 0 radical (unpaired) electrons. The first kappa shape index (κ1) is 12.7. The van der Waals surface area contributed by atoms with Crippen LogP contribution < -0.4 is 11.1 Å². The van der Waals surface area contributed by atoms with Crippen LogP contribution in [0.1, 0.15) is 31.0 Å². The minimum absolute atomic E-state index is 0.238. The molecule has 1 aromatic heterocycles. The normalized spacial score (nSPS) is 10.6. The molecule has 16 heavy (non-hydrogen) atoms. The number of carbonyl (C=O) groups excluding carboxylic acids is 1. The Bertz CT molecular complexity index is 346. The van der Waals surface area contributed by atoms with Gasteiger partial charge in [-0.3, -0.25) is 9.48 Å². The highest BCUT2D eigenvalue weighted by Gasteiger charge is 2.04. The third-order valence-corrected chi connectivity index (χ3v) is 2.42. The molecule has 1 rings (SSSR count). The predicted octanol–water partition coefficient (Wildman–Crippen LogP) is 0.338. The van der Waals surface area contributed by atoms with Crippen LogP contribution in [0.5, 0.6) is 0 Å². The lowest BCUT2D eigenvalue weighted by molar-refractivity contribution is -0.118. The Morgan fingerprint density at radius 3 is 3.00 bits per heavy atom. The standard InChI is InChI=1S/C11H20N4O/c1-3-10-9(8-15(2)14-10)7-13-6-4-5-11(12)16/h8,13H,3-7H2,1-2H3,(H2,12,16). The van der Waals surface area contributed by atoms with Crippen molar-refractivity contribution in [3.63, 3.8) is 0 Å². The molecule has 1 aromatic rings. The van der Waals surface area contributed by atoms with Gasteiger partial charge in [-0.2, -0.15) is 5.10 Å². The molecular formula is C11H20N4O. The zero-order valence-electron chi connectivity index (χ0n) is 9.99. The zero-order valence-corrected chi connectivity index (χ0v) is 9.99. The third kappa shape index (κ3) is 4.02. The molecule has 0 atom stereocenters. The van der Waals surface area contributed by atoms with E-state index in [-0.39, 0.29) is 5.91 Å². The highest BCUT2D eigenvalue weighted by atomic mass is 16.1. The number of nitrogens with two attached hydrogens (primary N) is 1. The van der Waals surface area contributed by atoms with E-state index in [0.717, 1.165) is 31.6 Å². The van der Waals surface area contributed by atoms with Gasteiger partial charge in [0.25, 0.3) is 0 Å². The molecular weight excluding hydrogens is 204 g/mol. The number of rotatable bonds is 7. The highest BCUT2D eigenvalue weighted by molar-refractivity contribution is 5.73. The van der Waals surface area contributed by atoms with Gasteiger partial charge < -0.3 is 11.1 Å². The van der Waals surface area contributed by atoms with Crippen molar-refractivity contribution in [2.75, 3.05) is 6.54 Å². The van der Waals surface area contributed by atoms with Gasteiger partial charge in [0.05, 0.1) is 5.69 Å². The lowest BCUT2D eigenvalue weighted by Gasteiger charge is -2.03. The van der Waals surface area contributed by atoms with Crippen LogP contribution in [0.15, 0.2) is 6.20 Å². The van der Waals surface area contributed by atoms with Crippen molar-refractivity contribution >= 4 is 5.91 Å². The van der Waals surface area contributed by atoms with E-state index in [2.05, 4.69) is 17.3 Å². The summed E-state index contributed by atoms with van der Waals surface area (Å²) in [7, 11) is 1.93. The van der Waals surface area contributed by atoms with Crippen molar-refractivity contribution in [3.8, 4) is 0 Å². The first-order chi connectivity index (χ1) is 7.63.